The first-order valence-corrected chi connectivity index (χ1v) is 5.94. The van der Waals surface area contributed by atoms with E-state index >= 15 is 0 Å². The monoisotopic (exact) mass is 227 g/mol. The van der Waals surface area contributed by atoms with E-state index in [1.807, 2.05) is 6.92 Å². The van der Waals surface area contributed by atoms with Crippen molar-refractivity contribution in [3.63, 3.8) is 0 Å². The van der Waals surface area contributed by atoms with Gasteiger partial charge in [-0.3, -0.25) is 5.10 Å². The molecular weight excluding hydrogens is 210 g/mol. The van der Waals surface area contributed by atoms with E-state index in [-0.39, 0.29) is 0 Å². The summed E-state index contributed by atoms with van der Waals surface area (Å²) < 4.78 is 8.43. The van der Waals surface area contributed by atoms with Crippen molar-refractivity contribution in [1.29, 1.82) is 0 Å². The maximum absolute atomic E-state index is 5.54. The third kappa shape index (κ3) is 1.99. The van der Waals surface area contributed by atoms with Crippen molar-refractivity contribution in [3.05, 3.63) is 10.6 Å². The fraction of sp³-hybridized carbons (Fsp3) is 0.800. The Bertz CT molecular complexity index is 378. The van der Waals surface area contributed by atoms with Gasteiger partial charge in [0.15, 0.2) is 4.77 Å². The summed E-state index contributed by atoms with van der Waals surface area (Å²) in [5.74, 6) is 1.06. The summed E-state index contributed by atoms with van der Waals surface area (Å²) in [6.07, 6.45) is 3.47. The zero-order chi connectivity index (χ0) is 10.8. The van der Waals surface area contributed by atoms with Crippen LogP contribution in [-0.2, 0) is 11.2 Å². The second kappa shape index (κ2) is 4.45. The van der Waals surface area contributed by atoms with Crippen molar-refractivity contribution in [2.45, 2.75) is 45.3 Å². The quantitative estimate of drug-likeness (QED) is 0.802. The highest BCUT2D eigenvalue weighted by atomic mass is 32.1. The molecule has 1 aliphatic carbocycles. The lowest BCUT2D eigenvalue weighted by Gasteiger charge is -2.36. The van der Waals surface area contributed by atoms with Crippen LogP contribution in [0.3, 0.4) is 0 Å². The highest BCUT2D eigenvalue weighted by molar-refractivity contribution is 7.71. The highest BCUT2D eigenvalue weighted by Gasteiger charge is 2.32. The molecule has 1 aliphatic rings. The smallest absolute Gasteiger partial charge is 0.195 e. The van der Waals surface area contributed by atoms with Crippen LogP contribution in [0.2, 0.25) is 0 Å². The van der Waals surface area contributed by atoms with Crippen molar-refractivity contribution >= 4 is 12.2 Å². The van der Waals surface area contributed by atoms with Gasteiger partial charge in [0.25, 0.3) is 0 Å². The number of ether oxygens (including phenoxy) is 1. The third-order valence-electron chi connectivity index (χ3n) is 2.93. The molecule has 0 aliphatic heterocycles. The first kappa shape index (κ1) is 10.8. The van der Waals surface area contributed by atoms with Crippen molar-refractivity contribution in [1.82, 2.24) is 14.8 Å². The number of aryl methyl sites for hydroxylation is 1. The lowest BCUT2D eigenvalue weighted by atomic mass is 9.89. The van der Waals surface area contributed by atoms with Crippen LogP contribution in [-0.4, -0.2) is 27.5 Å². The van der Waals surface area contributed by atoms with Crippen LogP contribution in [0.4, 0.5) is 0 Å². The molecule has 15 heavy (non-hydrogen) atoms. The fourth-order valence-electron chi connectivity index (χ4n) is 2.08. The molecule has 0 atom stereocenters. The van der Waals surface area contributed by atoms with Crippen LogP contribution in [0.25, 0.3) is 0 Å². The summed E-state index contributed by atoms with van der Waals surface area (Å²) >= 11 is 5.22. The Kier molecular flexibility index (Phi) is 3.21. The van der Waals surface area contributed by atoms with E-state index in [4.69, 9.17) is 17.0 Å². The van der Waals surface area contributed by atoms with Crippen LogP contribution in [0, 0.1) is 4.77 Å². The third-order valence-corrected chi connectivity index (χ3v) is 3.22. The average molecular weight is 227 g/mol. The SMILES string of the molecule is CCOC1CC(n2c(CC)n[nH]c2=S)C1. The normalized spacial score (nSPS) is 25.2. The molecule has 0 amide bonds. The van der Waals surface area contributed by atoms with Crippen molar-refractivity contribution in [3.8, 4) is 0 Å². The summed E-state index contributed by atoms with van der Waals surface area (Å²) in [7, 11) is 0. The standard InChI is InChI=1S/C10H17N3OS/c1-3-9-11-12-10(15)13(9)7-5-8(6-7)14-4-2/h7-8H,3-6H2,1-2H3,(H,12,15). The molecular formula is C10H17N3OS. The van der Waals surface area contributed by atoms with E-state index in [1.54, 1.807) is 0 Å². The van der Waals surface area contributed by atoms with Crippen LogP contribution in [0.5, 0.6) is 0 Å². The first-order chi connectivity index (χ1) is 7.26. The van der Waals surface area contributed by atoms with Crippen molar-refractivity contribution in [2.75, 3.05) is 6.61 Å². The lowest BCUT2D eigenvalue weighted by molar-refractivity contribution is -0.0206. The van der Waals surface area contributed by atoms with Gasteiger partial charge in [-0.15, -0.1) is 0 Å². The second-order valence-electron chi connectivity index (χ2n) is 3.87. The predicted octanol–water partition coefficient (Wildman–Crippen LogP) is 2.24. The van der Waals surface area contributed by atoms with Gasteiger partial charge in [0, 0.05) is 19.1 Å². The van der Waals surface area contributed by atoms with E-state index in [1.165, 1.54) is 0 Å². The lowest BCUT2D eigenvalue weighted by Crippen LogP contribution is -2.34. The molecule has 4 nitrogen and oxygen atoms in total. The molecule has 0 aromatic carbocycles. The highest BCUT2D eigenvalue weighted by Crippen LogP contribution is 2.35. The van der Waals surface area contributed by atoms with Crippen LogP contribution in [0.15, 0.2) is 0 Å². The minimum atomic E-state index is 0.418. The maximum Gasteiger partial charge on any atom is 0.195 e. The van der Waals surface area contributed by atoms with Gasteiger partial charge < -0.3 is 9.30 Å². The average Bonchev–Trinajstić information content (AvgIpc) is 2.53. The molecule has 1 saturated carbocycles. The molecule has 1 aromatic rings. The van der Waals surface area contributed by atoms with Gasteiger partial charge in [-0.1, -0.05) is 6.92 Å². The van der Waals surface area contributed by atoms with Crippen LogP contribution in [0.1, 0.15) is 38.6 Å². The maximum atomic E-state index is 5.54. The summed E-state index contributed by atoms with van der Waals surface area (Å²) in [6, 6.07) is 0.489. The number of nitrogens with one attached hydrogen (secondary N) is 1. The van der Waals surface area contributed by atoms with E-state index < -0.39 is 0 Å². The van der Waals surface area contributed by atoms with Gasteiger partial charge >= 0.3 is 0 Å². The van der Waals surface area contributed by atoms with Gasteiger partial charge in [0.2, 0.25) is 0 Å². The van der Waals surface area contributed by atoms with Crippen molar-refractivity contribution in [2.24, 2.45) is 0 Å². The van der Waals surface area contributed by atoms with Gasteiger partial charge in [0.05, 0.1) is 6.10 Å². The van der Waals surface area contributed by atoms with Crippen LogP contribution >= 0.6 is 12.2 Å². The van der Waals surface area contributed by atoms with Gasteiger partial charge in [-0.2, -0.15) is 5.10 Å². The molecule has 1 aromatic heterocycles. The van der Waals surface area contributed by atoms with Gasteiger partial charge in [-0.05, 0) is 32.0 Å². The molecule has 1 heterocycles. The molecule has 0 saturated heterocycles. The number of aromatic nitrogens is 3. The van der Waals surface area contributed by atoms with E-state index in [2.05, 4.69) is 21.7 Å². The van der Waals surface area contributed by atoms with Crippen molar-refractivity contribution < 1.29 is 4.74 Å². The summed E-state index contributed by atoms with van der Waals surface area (Å²) in [5.41, 5.74) is 0. The Hall–Kier alpha value is -0.680. The minimum absolute atomic E-state index is 0.418. The minimum Gasteiger partial charge on any atom is -0.378 e. The molecule has 0 spiro atoms. The van der Waals surface area contributed by atoms with Gasteiger partial charge in [-0.25, -0.2) is 0 Å². The summed E-state index contributed by atoms with van der Waals surface area (Å²) in [6.45, 7) is 4.93. The van der Waals surface area contributed by atoms with Gasteiger partial charge in [0.1, 0.15) is 5.82 Å². The molecule has 5 heteroatoms. The summed E-state index contributed by atoms with van der Waals surface area (Å²) in [5, 5.41) is 7.07. The fourth-order valence-corrected chi connectivity index (χ4v) is 2.38. The number of hydrogen-bond donors (Lipinski definition) is 1. The zero-order valence-corrected chi connectivity index (χ0v) is 10.0. The Labute approximate surface area is 94.6 Å². The summed E-state index contributed by atoms with van der Waals surface area (Å²) in [4.78, 5) is 0. The van der Waals surface area contributed by atoms with E-state index in [0.717, 1.165) is 36.5 Å². The number of rotatable bonds is 4. The number of H-pyrrole nitrogens is 1. The number of nitrogens with zero attached hydrogens (tertiary/aromatic N) is 2. The predicted molar refractivity (Wildman–Crippen MR) is 60.5 cm³/mol. The second-order valence-corrected chi connectivity index (χ2v) is 4.26. The Morgan fingerprint density at radius 1 is 1.53 bits per heavy atom. The molecule has 1 N–H and O–H groups in total. The van der Waals surface area contributed by atoms with Crippen LogP contribution < -0.4 is 0 Å². The Balaban J connectivity index is 2.06. The molecule has 84 valence electrons. The largest absolute Gasteiger partial charge is 0.378 e. The Morgan fingerprint density at radius 2 is 2.27 bits per heavy atom. The Morgan fingerprint density at radius 3 is 2.87 bits per heavy atom. The topological polar surface area (TPSA) is 42.8 Å². The molecule has 0 bridgehead atoms. The number of aromatic amines is 1. The first-order valence-electron chi connectivity index (χ1n) is 5.53. The number of hydrogen-bond acceptors (Lipinski definition) is 3. The van der Waals surface area contributed by atoms with E-state index in [0.29, 0.717) is 12.1 Å². The molecule has 1 fully saturated rings. The molecule has 0 radical (unpaired) electrons. The zero-order valence-electron chi connectivity index (χ0n) is 9.19. The molecule has 2 rings (SSSR count). The van der Waals surface area contributed by atoms with E-state index in [9.17, 15) is 0 Å². The molecule has 0 unspecified atom stereocenters.